The Kier molecular flexibility index (Phi) is 9.10. The molecule has 2 atom stereocenters. The van der Waals surface area contributed by atoms with Gasteiger partial charge in [-0.05, 0) is 62.7 Å². The molecule has 0 radical (unpaired) electrons. The standard InChI is InChI=1S/C29H32F4N4O3/c1-4-40-28(38)19-10-11-25(27(15-19)39-3)34-13-6-7-20-16-21-23(35-24-12-14-36(2)17-22(24)30)8-5-9-26(21)37(20)18-29(31,32)33/h5,8-11,15-16,22,24,34-35H,4,12-14,17-18H2,1-3H3/t22-,24-/m0/s1. The molecule has 1 aliphatic heterocycles. The van der Waals surface area contributed by atoms with Crippen LogP contribution in [0.2, 0.25) is 0 Å². The topological polar surface area (TPSA) is 67.8 Å². The van der Waals surface area contributed by atoms with Crippen LogP contribution in [0, 0.1) is 11.8 Å². The molecule has 4 rings (SSSR count). The van der Waals surface area contributed by atoms with Gasteiger partial charge in [0.1, 0.15) is 18.5 Å². The SMILES string of the molecule is CCOC(=O)c1ccc(NCC#Cc2cc3c(N[C@H]4CCN(C)C[C@@H]4F)cccc3n2CC(F)(F)F)c(OC)c1. The van der Waals surface area contributed by atoms with Crippen molar-refractivity contribution in [1.29, 1.82) is 0 Å². The van der Waals surface area contributed by atoms with E-state index in [2.05, 4.69) is 22.5 Å². The number of hydrogen-bond donors (Lipinski definition) is 2. The Morgan fingerprint density at radius 1 is 1.18 bits per heavy atom. The zero-order chi connectivity index (χ0) is 28.9. The summed E-state index contributed by atoms with van der Waals surface area (Å²) in [5.41, 5.74) is 2.01. The monoisotopic (exact) mass is 560 g/mol. The Labute approximate surface area is 230 Å². The van der Waals surface area contributed by atoms with E-state index in [1.165, 1.54) is 13.2 Å². The minimum Gasteiger partial charge on any atom is -0.495 e. The number of likely N-dealkylation sites (tertiary alicyclic amines) is 1. The molecular formula is C29H32F4N4O3. The lowest BCUT2D eigenvalue weighted by molar-refractivity contribution is -0.140. The Bertz CT molecular complexity index is 1410. The predicted molar refractivity (Wildman–Crippen MR) is 147 cm³/mol. The summed E-state index contributed by atoms with van der Waals surface area (Å²) >= 11 is 0. The zero-order valence-electron chi connectivity index (χ0n) is 22.6. The number of carbonyl (C=O) groups is 1. The van der Waals surface area contributed by atoms with Crippen LogP contribution in [0.25, 0.3) is 10.9 Å². The molecule has 0 bridgehead atoms. The Balaban J connectivity index is 1.58. The summed E-state index contributed by atoms with van der Waals surface area (Å²) in [5, 5.41) is 6.83. The molecular weight excluding hydrogens is 528 g/mol. The first-order valence-corrected chi connectivity index (χ1v) is 13.0. The van der Waals surface area contributed by atoms with Gasteiger partial charge in [0.05, 0.1) is 48.8 Å². The van der Waals surface area contributed by atoms with Crippen LogP contribution in [0.15, 0.2) is 42.5 Å². The number of piperidine rings is 1. The number of rotatable bonds is 8. The van der Waals surface area contributed by atoms with Crippen LogP contribution in [0.3, 0.4) is 0 Å². The van der Waals surface area contributed by atoms with E-state index in [-0.39, 0.29) is 18.8 Å². The van der Waals surface area contributed by atoms with Gasteiger partial charge in [-0.3, -0.25) is 0 Å². The number of halogens is 4. The summed E-state index contributed by atoms with van der Waals surface area (Å²) in [5.74, 6) is 5.65. The van der Waals surface area contributed by atoms with Crippen molar-refractivity contribution < 1.29 is 31.8 Å². The highest BCUT2D eigenvalue weighted by molar-refractivity contribution is 5.94. The maximum Gasteiger partial charge on any atom is 0.406 e. The van der Waals surface area contributed by atoms with Crippen molar-refractivity contribution in [2.24, 2.45) is 0 Å². The molecule has 2 N–H and O–H groups in total. The molecule has 214 valence electrons. The van der Waals surface area contributed by atoms with Crippen molar-refractivity contribution >= 4 is 28.2 Å². The van der Waals surface area contributed by atoms with Gasteiger partial charge < -0.3 is 29.6 Å². The minimum absolute atomic E-state index is 0.104. The summed E-state index contributed by atoms with van der Waals surface area (Å²) in [6, 6.07) is 10.9. The van der Waals surface area contributed by atoms with E-state index in [0.717, 1.165) is 11.1 Å². The second kappa shape index (κ2) is 12.5. The lowest BCUT2D eigenvalue weighted by Gasteiger charge is -2.33. The number of ether oxygens (including phenoxy) is 2. The molecule has 0 saturated carbocycles. The molecule has 2 heterocycles. The number of nitrogens with one attached hydrogen (secondary N) is 2. The van der Waals surface area contributed by atoms with Gasteiger partial charge in [0.15, 0.2) is 0 Å². The smallest absolute Gasteiger partial charge is 0.406 e. The fourth-order valence-electron chi connectivity index (χ4n) is 4.74. The molecule has 40 heavy (non-hydrogen) atoms. The van der Waals surface area contributed by atoms with Crippen molar-refractivity contribution in [1.82, 2.24) is 9.47 Å². The highest BCUT2D eigenvalue weighted by Crippen LogP contribution is 2.32. The van der Waals surface area contributed by atoms with Crippen molar-refractivity contribution in [3.8, 4) is 17.6 Å². The lowest BCUT2D eigenvalue weighted by Crippen LogP contribution is -2.46. The number of aromatic nitrogens is 1. The minimum atomic E-state index is -4.46. The maximum absolute atomic E-state index is 14.7. The third-order valence-electron chi connectivity index (χ3n) is 6.66. The number of nitrogens with zero attached hydrogens (tertiary/aromatic N) is 2. The molecule has 0 amide bonds. The zero-order valence-corrected chi connectivity index (χ0v) is 22.6. The fourth-order valence-corrected chi connectivity index (χ4v) is 4.74. The van der Waals surface area contributed by atoms with Crippen LogP contribution in [0.1, 0.15) is 29.4 Å². The maximum atomic E-state index is 14.7. The van der Waals surface area contributed by atoms with Crippen molar-refractivity contribution in [2.45, 2.75) is 38.3 Å². The van der Waals surface area contributed by atoms with Gasteiger partial charge in [-0.1, -0.05) is 12.0 Å². The molecule has 1 fully saturated rings. The quantitative estimate of drug-likeness (QED) is 0.221. The van der Waals surface area contributed by atoms with E-state index < -0.39 is 30.9 Å². The number of carbonyl (C=O) groups excluding carboxylic acids is 1. The summed E-state index contributed by atoms with van der Waals surface area (Å²) in [7, 11) is 3.31. The lowest BCUT2D eigenvalue weighted by atomic mass is 10.0. The van der Waals surface area contributed by atoms with Gasteiger partial charge in [-0.2, -0.15) is 13.2 Å². The van der Waals surface area contributed by atoms with Crippen LogP contribution < -0.4 is 15.4 Å². The van der Waals surface area contributed by atoms with E-state index in [9.17, 15) is 22.4 Å². The number of hydrogen-bond acceptors (Lipinski definition) is 6. The first-order valence-electron chi connectivity index (χ1n) is 13.0. The average Bonchev–Trinajstić information content (AvgIpc) is 3.25. The molecule has 3 aromatic rings. The first kappa shape index (κ1) is 29.1. The van der Waals surface area contributed by atoms with Crippen molar-refractivity contribution in [3.05, 3.63) is 53.7 Å². The predicted octanol–water partition coefficient (Wildman–Crippen LogP) is 5.31. The van der Waals surface area contributed by atoms with Crippen LogP contribution in [0.5, 0.6) is 5.75 Å². The molecule has 11 heteroatoms. The highest BCUT2D eigenvalue weighted by Gasteiger charge is 2.31. The molecule has 1 saturated heterocycles. The number of esters is 1. The van der Waals surface area contributed by atoms with Gasteiger partial charge in [-0.15, -0.1) is 0 Å². The molecule has 2 aromatic carbocycles. The molecule has 0 aliphatic carbocycles. The Morgan fingerprint density at radius 2 is 1.98 bits per heavy atom. The largest absolute Gasteiger partial charge is 0.495 e. The van der Waals surface area contributed by atoms with Gasteiger partial charge in [0.25, 0.3) is 0 Å². The summed E-state index contributed by atoms with van der Waals surface area (Å²) in [6.07, 6.45) is -4.98. The van der Waals surface area contributed by atoms with Gasteiger partial charge in [-0.25, -0.2) is 9.18 Å². The Morgan fingerprint density at radius 3 is 2.67 bits per heavy atom. The third kappa shape index (κ3) is 6.99. The van der Waals surface area contributed by atoms with Crippen LogP contribution in [0.4, 0.5) is 28.9 Å². The van der Waals surface area contributed by atoms with E-state index in [1.807, 2.05) is 11.9 Å². The average molecular weight is 561 g/mol. The van der Waals surface area contributed by atoms with E-state index in [4.69, 9.17) is 9.47 Å². The molecule has 0 unspecified atom stereocenters. The first-order chi connectivity index (χ1) is 19.1. The summed E-state index contributed by atoms with van der Waals surface area (Å²) in [6.45, 7) is 1.87. The number of alkyl halides is 4. The normalized spacial score (nSPS) is 17.7. The van der Waals surface area contributed by atoms with Crippen molar-refractivity contribution in [2.75, 3.05) is 51.0 Å². The van der Waals surface area contributed by atoms with Gasteiger partial charge in [0.2, 0.25) is 0 Å². The number of benzene rings is 2. The fraction of sp³-hybridized carbons (Fsp3) is 0.414. The molecule has 0 spiro atoms. The van der Waals surface area contributed by atoms with Crippen LogP contribution >= 0.6 is 0 Å². The highest BCUT2D eigenvalue weighted by atomic mass is 19.4. The second-order valence-corrected chi connectivity index (χ2v) is 9.58. The van der Waals surface area contributed by atoms with Crippen LogP contribution in [-0.4, -0.2) is 74.2 Å². The van der Waals surface area contributed by atoms with Gasteiger partial charge >= 0.3 is 12.1 Å². The van der Waals surface area contributed by atoms with Gasteiger partial charge in [0, 0.05) is 24.2 Å². The molecule has 1 aromatic heterocycles. The number of anilines is 2. The number of methoxy groups -OCH3 is 1. The van der Waals surface area contributed by atoms with Crippen LogP contribution in [-0.2, 0) is 11.3 Å². The van der Waals surface area contributed by atoms with E-state index in [1.54, 1.807) is 43.3 Å². The number of fused-ring (bicyclic) bond motifs is 1. The van der Waals surface area contributed by atoms with E-state index in [0.29, 0.717) is 46.6 Å². The molecule has 1 aliphatic rings. The third-order valence-corrected chi connectivity index (χ3v) is 6.66. The second-order valence-electron chi connectivity index (χ2n) is 9.58. The summed E-state index contributed by atoms with van der Waals surface area (Å²) < 4.78 is 66.7. The Hall–Kier alpha value is -3.91. The summed E-state index contributed by atoms with van der Waals surface area (Å²) in [4.78, 5) is 13.9. The molecule has 7 nitrogen and oxygen atoms in total. The van der Waals surface area contributed by atoms with Crippen molar-refractivity contribution in [3.63, 3.8) is 0 Å². The van der Waals surface area contributed by atoms with E-state index >= 15 is 0 Å².